The largest absolute Gasteiger partial charge is 0.493 e. The Labute approximate surface area is 185 Å². The number of fused-ring (bicyclic) bond motifs is 2. The lowest BCUT2D eigenvalue weighted by Gasteiger charge is -2.26. The van der Waals surface area contributed by atoms with Crippen molar-refractivity contribution in [1.82, 2.24) is 4.98 Å². The first kappa shape index (κ1) is 21.4. The number of para-hydroxylation sites is 1. The van der Waals surface area contributed by atoms with Gasteiger partial charge in [-0.1, -0.05) is 31.2 Å². The number of hydrogen-bond donors (Lipinski definition) is 2. The number of carbonyl (C=O) groups excluding carboxylic acids is 1. The highest BCUT2D eigenvalue weighted by atomic mass is 16.5. The van der Waals surface area contributed by atoms with Gasteiger partial charge in [0.25, 0.3) is 5.91 Å². The standard InChI is InChI=1S/C25H24N2O5/c1-14-9-16(11-15-7-8-20(21(12-15)31-2)32-13-22(26)28)24-18(10-14)23(25(29)30)17-5-3-4-6-19(17)27-24/h3-8,11-12,14H,9-10,13H2,1-2H3,(H2,26,28)(H,29,30)/b16-11+. The molecule has 32 heavy (non-hydrogen) atoms. The van der Waals surface area contributed by atoms with Gasteiger partial charge in [0.15, 0.2) is 18.1 Å². The molecule has 1 atom stereocenters. The van der Waals surface area contributed by atoms with Crippen LogP contribution >= 0.6 is 0 Å². The molecule has 3 aromatic rings. The lowest BCUT2D eigenvalue weighted by molar-refractivity contribution is -0.119. The number of methoxy groups -OCH3 is 1. The number of nitrogens with zero attached hydrogens (tertiary/aromatic N) is 1. The van der Waals surface area contributed by atoms with Crippen LogP contribution in [0.15, 0.2) is 42.5 Å². The molecule has 0 saturated heterocycles. The minimum atomic E-state index is -0.939. The molecule has 2 aromatic carbocycles. The summed E-state index contributed by atoms with van der Waals surface area (Å²) < 4.78 is 10.8. The van der Waals surface area contributed by atoms with Crippen LogP contribution in [0.1, 0.15) is 40.5 Å². The number of hydrogen-bond acceptors (Lipinski definition) is 5. The highest BCUT2D eigenvalue weighted by molar-refractivity contribution is 6.06. The van der Waals surface area contributed by atoms with Crippen LogP contribution in [0.2, 0.25) is 0 Å². The van der Waals surface area contributed by atoms with E-state index in [9.17, 15) is 14.7 Å². The molecule has 7 nitrogen and oxygen atoms in total. The minimum absolute atomic E-state index is 0.239. The summed E-state index contributed by atoms with van der Waals surface area (Å²) in [6, 6.07) is 12.7. The van der Waals surface area contributed by atoms with E-state index in [1.54, 1.807) is 12.1 Å². The molecule has 164 valence electrons. The van der Waals surface area contributed by atoms with Gasteiger partial charge < -0.3 is 20.3 Å². The predicted molar refractivity (Wildman–Crippen MR) is 122 cm³/mol. The van der Waals surface area contributed by atoms with E-state index in [-0.39, 0.29) is 12.5 Å². The predicted octanol–water partition coefficient (Wildman–Crippen LogP) is 3.93. The normalized spacial score (nSPS) is 16.6. The number of pyridine rings is 1. The van der Waals surface area contributed by atoms with Gasteiger partial charge in [0, 0.05) is 5.39 Å². The van der Waals surface area contributed by atoms with Crippen molar-refractivity contribution < 1.29 is 24.2 Å². The fourth-order valence-electron chi connectivity index (χ4n) is 4.22. The molecule has 1 aliphatic carbocycles. The molecule has 1 aromatic heterocycles. The van der Waals surface area contributed by atoms with Crippen LogP contribution in [-0.2, 0) is 11.2 Å². The second kappa shape index (κ2) is 8.70. The molecule has 4 rings (SSSR count). The van der Waals surface area contributed by atoms with Crippen LogP contribution in [-0.4, -0.2) is 35.7 Å². The summed E-state index contributed by atoms with van der Waals surface area (Å²) in [7, 11) is 1.52. The van der Waals surface area contributed by atoms with Crippen molar-refractivity contribution in [2.24, 2.45) is 11.7 Å². The number of benzene rings is 2. The number of rotatable bonds is 6. The zero-order chi connectivity index (χ0) is 22.8. The van der Waals surface area contributed by atoms with E-state index < -0.39 is 11.9 Å². The Bertz CT molecular complexity index is 1250. The number of ether oxygens (including phenoxy) is 2. The summed E-state index contributed by atoms with van der Waals surface area (Å²) in [5, 5.41) is 10.6. The maximum Gasteiger partial charge on any atom is 0.336 e. The molecule has 0 spiro atoms. The number of nitrogens with two attached hydrogens (primary N) is 1. The van der Waals surface area contributed by atoms with E-state index in [0.29, 0.717) is 34.4 Å². The van der Waals surface area contributed by atoms with Gasteiger partial charge >= 0.3 is 5.97 Å². The topological polar surface area (TPSA) is 112 Å². The SMILES string of the molecule is COc1cc(/C=C2\CC(C)Cc3c2nc2ccccc2c3C(=O)O)ccc1OCC(N)=O. The summed E-state index contributed by atoms with van der Waals surface area (Å²) in [6.07, 6.45) is 3.44. The van der Waals surface area contributed by atoms with Crippen molar-refractivity contribution >= 4 is 34.4 Å². The third-order valence-corrected chi connectivity index (χ3v) is 5.53. The third kappa shape index (κ3) is 4.14. The van der Waals surface area contributed by atoms with Gasteiger partial charge in [-0.25, -0.2) is 9.78 Å². The Morgan fingerprint density at radius 1 is 1.19 bits per heavy atom. The van der Waals surface area contributed by atoms with Crippen molar-refractivity contribution in [2.75, 3.05) is 13.7 Å². The quantitative estimate of drug-likeness (QED) is 0.610. The number of allylic oxidation sites excluding steroid dienone is 1. The average molecular weight is 432 g/mol. The number of carbonyl (C=O) groups is 2. The Morgan fingerprint density at radius 3 is 2.69 bits per heavy atom. The fraction of sp³-hybridized carbons (Fsp3) is 0.240. The summed E-state index contributed by atoms with van der Waals surface area (Å²) >= 11 is 0. The molecule has 0 radical (unpaired) electrons. The first-order valence-electron chi connectivity index (χ1n) is 10.3. The minimum Gasteiger partial charge on any atom is -0.493 e. The van der Waals surface area contributed by atoms with E-state index in [1.165, 1.54) is 7.11 Å². The highest BCUT2D eigenvalue weighted by Gasteiger charge is 2.28. The van der Waals surface area contributed by atoms with Crippen LogP contribution < -0.4 is 15.2 Å². The maximum absolute atomic E-state index is 12.2. The molecule has 7 heteroatoms. The number of amides is 1. The summed E-state index contributed by atoms with van der Waals surface area (Å²) in [5.41, 5.74) is 9.48. The van der Waals surface area contributed by atoms with Gasteiger partial charge in [-0.15, -0.1) is 0 Å². The average Bonchev–Trinajstić information content (AvgIpc) is 2.76. The van der Waals surface area contributed by atoms with Crippen molar-refractivity contribution in [1.29, 1.82) is 0 Å². The van der Waals surface area contributed by atoms with Crippen molar-refractivity contribution in [3.05, 3.63) is 64.8 Å². The monoisotopic (exact) mass is 432 g/mol. The molecule has 1 amide bonds. The van der Waals surface area contributed by atoms with Crippen LogP contribution in [0, 0.1) is 5.92 Å². The van der Waals surface area contributed by atoms with Crippen LogP contribution in [0.5, 0.6) is 11.5 Å². The molecule has 0 aliphatic heterocycles. The van der Waals surface area contributed by atoms with Gasteiger partial charge in [-0.3, -0.25) is 4.79 Å². The molecule has 1 aliphatic rings. The Balaban J connectivity index is 1.83. The molecule has 0 bridgehead atoms. The van der Waals surface area contributed by atoms with E-state index in [2.05, 4.69) is 6.92 Å². The first-order chi connectivity index (χ1) is 15.4. The van der Waals surface area contributed by atoms with Crippen LogP contribution in [0.4, 0.5) is 0 Å². The lowest BCUT2D eigenvalue weighted by atomic mass is 9.80. The lowest BCUT2D eigenvalue weighted by Crippen LogP contribution is -2.20. The fourth-order valence-corrected chi connectivity index (χ4v) is 4.22. The van der Waals surface area contributed by atoms with Gasteiger partial charge in [-0.2, -0.15) is 0 Å². The molecular formula is C25H24N2O5. The third-order valence-electron chi connectivity index (χ3n) is 5.53. The van der Waals surface area contributed by atoms with Crippen LogP contribution in [0.3, 0.4) is 0 Å². The van der Waals surface area contributed by atoms with E-state index in [4.69, 9.17) is 20.2 Å². The Kier molecular flexibility index (Phi) is 5.81. The van der Waals surface area contributed by atoms with Gasteiger partial charge in [0.2, 0.25) is 0 Å². The smallest absolute Gasteiger partial charge is 0.336 e. The zero-order valence-electron chi connectivity index (χ0n) is 17.9. The number of primary amides is 1. The highest BCUT2D eigenvalue weighted by Crippen LogP contribution is 2.39. The summed E-state index contributed by atoms with van der Waals surface area (Å²) in [6.45, 7) is 1.87. The first-order valence-corrected chi connectivity index (χ1v) is 10.3. The number of aromatic nitrogens is 1. The number of aromatic carboxylic acids is 1. The van der Waals surface area contributed by atoms with Crippen molar-refractivity contribution in [3.63, 3.8) is 0 Å². The Hall–Kier alpha value is -3.87. The van der Waals surface area contributed by atoms with E-state index >= 15 is 0 Å². The summed E-state index contributed by atoms with van der Waals surface area (Å²) in [5.74, 6) is -0.343. The molecule has 0 saturated carbocycles. The van der Waals surface area contributed by atoms with E-state index in [0.717, 1.165) is 28.8 Å². The van der Waals surface area contributed by atoms with Gasteiger partial charge in [-0.05, 0) is 59.7 Å². The molecule has 0 fully saturated rings. The van der Waals surface area contributed by atoms with Gasteiger partial charge in [0.1, 0.15) is 0 Å². The Morgan fingerprint density at radius 2 is 1.97 bits per heavy atom. The molecular weight excluding hydrogens is 408 g/mol. The number of carboxylic acid groups (broad SMARTS) is 1. The van der Waals surface area contributed by atoms with Crippen molar-refractivity contribution in [3.8, 4) is 11.5 Å². The van der Waals surface area contributed by atoms with Crippen molar-refractivity contribution in [2.45, 2.75) is 19.8 Å². The molecule has 1 heterocycles. The van der Waals surface area contributed by atoms with E-state index in [1.807, 2.05) is 36.4 Å². The van der Waals surface area contributed by atoms with Gasteiger partial charge in [0.05, 0.1) is 23.9 Å². The second-order valence-corrected chi connectivity index (χ2v) is 7.98. The second-order valence-electron chi connectivity index (χ2n) is 7.98. The zero-order valence-corrected chi connectivity index (χ0v) is 17.9. The maximum atomic E-state index is 12.2. The summed E-state index contributed by atoms with van der Waals surface area (Å²) in [4.78, 5) is 28.0. The molecule has 1 unspecified atom stereocenters. The molecule has 3 N–H and O–H groups in total. The number of carboxylic acids is 1. The van der Waals surface area contributed by atoms with Crippen LogP contribution in [0.25, 0.3) is 22.6 Å².